The third kappa shape index (κ3) is 5.45. The van der Waals surface area contributed by atoms with Gasteiger partial charge in [0.1, 0.15) is 0 Å². The van der Waals surface area contributed by atoms with Gasteiger partial charge in [-0.3, -0.25) is 0 Å². The zero-order chi connectivity index (χ0) is 14.5. The maximum absolute atomic E-state index is 12.3. The van der Waals surface area contributed by atoms with Gasteiger partial charge in [0, 0.05) is 10.5 Å². The third-order valence-corrected chi connectivity index (χ3v) is 5.85. The minimum Gasteiger partial charge on any atom is -0.208 e. The number of halogens is 1. The van der Waals surface area contributed by atoms with Crippen molar-refractivity contribution >= 4 is 37.7 Å². The highest BCUT2D eigenvalue weighted by Gasteiger charge is 2.19. The van der Waals surface area contributed by atoms with Crippen LogP contribution in [0.4, 0.5) is 0 Å². The summed E-state index contributed by atoms with van der Waals surface area (Å²) in [5.41, 5.74) is 0.755. The van der Waals surface area contributed by atoms with E-state index >= 15 is 0 Å². The molecule has 0 aromatic heterocycles. The van der Waals surface area contributed by atoms with Crippen molar-refractivity contribution in [2.75, 3.05) is 11.5 Å². The van der Waals surface area contributed by atoms with Crippen LogP contribution < -0.4 is 4.72 Å². The normalized spacial score (nSPS) is 13.5. The first-order valence-corrected chi connectivity index (χ1v) is 9.66. The molecule has 0 aliphatic rings. The average Bonchev–Trinajstić information content (AvgIpc) is 2.32. The van der Waals surface area contributed by atoms with Crippen molar-refractivity contribution in [3.05, 3.63) is 28.2 Å². The molecule has 0 saturated carbocycles. The van der Waals surface area contributed by atoms with E-state index in [0.717, 1.165) is 28.0 Å². The third-order valence-electron chi connectivity index (χ3n) is 2.70. The summed E-state index contributed by atoms with van der Waals surface area (Å²) in [5, 5.41) is 0. The van der Waals surface area contributed by atoms with Crippen molar-refractivity contribution in [2.24, 2.45) is 0 Å². The molecule has 19 heavy (non-hydrogen) atoms. The number of aryl methyl sites for hydroxylation is 1. The van der Waals surface area contributed by atoms with Crippen molar-refractivity contribution in [3.8, 4) is 0 Å². The average molecular weight is 366 g/mol. The standard InChI is InChI=1S/C13H20BrNO2S2/c1-4-18-8-7-11(3)15-19(16,17)13-9-12(14)6-5-10(13)2/h5-6,9,11,15H,4,7-8H2,1-3H3. The van der Waals surface area contributed by atoms with E-state index in [2.05, 4.69) is 27.6 Å². The van der Waals surface area contributed by atoms with Gasteiger partial charge in [-0.1, -0.05) is 28.9 Å². The van der Waals surface area contributed by atoms with Crippen LogP contribution in [0.2, 0.25) is 0 Å². The fraction of sp³-hybridized carbons (Fsp3) is 0.538. The molecule has 1 atom stereocenters. The molecular formula is C13H20BrNO2S2. The highest BCUT2D eigenvalue weighted by atomic mass is 79.9. The Hall–Kier alpha value is -0.0400. The van der Waals surface area contributed by atoms with E-state index in [1.165, 1.54) is 0 Å². The second-order valence-corrected chi connectivity index (χ2v) is 8.41. The molecule has 0 amide bonds. The molecule has 0 aliphatic carbocycles. The Kier molecular flexibility index (Phi) is 6.86. The van der Waals surface area contributed by atoms with Gasteiger partial charge in [-0.25, -0.2) is 13.1 Å². The van der Waals surface area contributed by atoms with Crippen LogP contribution in [0.15, 0.2) is 27.6 Å². The lowest BCUT2D eigenvalue weighted by molar-refractivity contribution is 0.556. The summed E-state index contributed by atoms with van der Waals surface area (Å²) >= 11 is 5.13. The highest BCUT2D eigenvalue weighted by Crippen LogP contribution is 2.21. The Bertz CT molecular complexity index is 517. The zero-order valence-corrected chi connectivity index (χ0v) is 14.7. The molecule has 1 rings (SSSR count). The van der Waals surface area contributed by atoms with Gasteiger partial charge < -0.3 is 0 Å². The van der Waals surface area contributed by atoms with Crippen LogP contribution in [0.1, 0.15) is 25.8 Å². The van der Waals surface area contributed by atoms with E-state index < -0.39 is 10.0 Å². The molecule has 1 N–H and O–H groups in total. The fourth-order valence-electron chi connectivity index (χ4n) is 1.66. The molecule has 1 aromatic carbocycles. The Morgan fingerprint density at radius 2 is 2.11 bits per heavy atom. The Balaban J connectivity index is 2.78. The van der Waals surface area contributed by atoms with Gasteiger partial charge >= 0.3 is 0 Å². The number of hydrogen-bond acceptors (Lipinski definition) is 3. The lowest BCUT2D eigenvalue weighted by Gasteiger charge is -2.15. The van der Waals surface area contributed by atoms with Crippen LogP contribution in [0.25, 0.3) is 0 Å². The predicted molar refractivity (Wildman–Crippen MR) is 86.3 cm³/mol. The Morgan fingerprint density at radius 1 is 1.42 bits per heavy atom. The molecule has 108 valence electrons. The number of sulfonamides is 1. The summed E-state index contributed by atoms with van der Waals surface area (Å²) in [4.78, 5) is 0.344. The van der Waals surface area contributed by atoms with Crippen LogP contribution >= 0.6 is 27.7 Å². The predicted octanol–water partition coefficient (Wildman–Crippen LogP) is 3.57. The zero-order valence-electron chi connectivity index (χ0n) is 11.4. The van der Waals surface area contributed by atoms with E-state index in [0.29, 0.717) is 4.90 Å². The molecule has 0 heterocycles. The lowest BCUT2D eigenvalue weighted by Crippen LogP contribution is -2.33. The first kappa shape index (κ1) is 17.0. The molecule has 3 nitrogen and oxygen atoms in total. The Morgan fingerprint density at radius 3 is 2.74 bits per heavy atom. The van der Waals surface area contributed by atoms with E-state index in [4.69, 9.17) is 0 Å². The van der Waals surface area contributed by atoms with E-state index in [-0.39, 0.29) is 6.04 Å². The van der Waals surface area contributed by atoms with Gasteiger partial charge in [0.25, 0.3) is 0 Å². The summed E-state index contributed by atoms with van der Waals surface area (Å²) in [6.45, 7) is 5.81. The minimum atomic E-state index is -3.44. The van der Waals surface area contributed by atoms with Crippen molar-refractivity contribution in [1.29, 1.82) is 0 Å². The van der Waals surface area contributed by atoms with E-state index in [1.807, 2.05) is 24.8 Å². The van der Waals surface area contributed by atoms with E-state index in [9.17, 15) is 8.42 Å². The monoisotopic (exact) mass is 365 g/mol. The highest BCUT2D eigenvalue weighted by molar-refractivity contribution is 9.10. The first-order chi connectivity index (χ1) is 8.86. The molecule has 0 bridgehead atoms. The number of thioether (sulfide) groups is 1. The van der Waals surface area contributed by atoms with Crippen LogP contribution in [0.3, 0.4) is 0 Å². The van der Waals surface area contributed by atoms with Crippen LogP contribution in [-0.4, -0.2) is 26.0 Å². The lowest BCUT2D eigenvalue weighted by atomic mass is 10.2. The largest absolute Gasteiger partial charge is 0.241 e. The molecule has 1 unspecified atom stereocenters. The van der Waals surface area contributed by atoms with Gasteiger partial charge in [0.15, 0.2) is 0 Å². The van der Waals surface area contributed by atoms with Gasteiger partial charge in [-0.05, 0) is 49.5 Å². The van der Waals surface area contributed by atoms with Gasteiger partial charge in [0.2, 0.25) is 10.0 Å². The number of hydrogen-bond donors (Lipinski definition) is 1. The fourth-order valence-corrected chi connectivity index (χ4v) is 4.53. The molecule has 0 fully saturated rings. The Labute approximate surface area is 128 Å². The van der Waals surface area contributed by atoms with Gasteiger partial charge in [0.05, 0.1) is 4.90 Å². The number of rotatable bonds is 7. The molecule has 0 radical (unpaired) electrons. The van der Waals surface area contributed by atoms with Gasteiger partial charge in [-0.2, -0.15) is 11.8 Å². The van der Waals surface area contributed by atoms with Crippen LogP contribution in [-0.2, 0) is 10.0 Å². The topological polar surface area (TPSA) is 46.2 Å². The molecule has 1 aromatic rings. The molecule has 6 heteroatoms. The summed E-state index contributed by atoms with van der Waals surface area (Å²) in [5.74, 6) is 2.03. The molecule has 0 spiro atoms. The van der Waals surface area contributed by atoms with Crippen molar-refractivity contribution in [3.63, 3.8) is 0 Å². The molecule has 0 saturated heterocycles. The number of benzene rings is 1. The summed E-state index contributed by atoms with van der Waals surface area (Å²) in [6.07, 6.45) is 0.838. The van der Waals surface area contributed by atoms with Gasteiger partial charge in [-0.15, -0.1) is 0 Å². The maximum atomic E-state index is 12.3. The SMILES string of the molecule is CCSCCC(C)NS(=O)(=O)c1cc(Br)ccc1C. The van der Waals surface area contributed by atoms with Crippen molar-refractivity contribution in [2.45, 2.75) is 38.1 Å². The van der Waals surface area contributed by atoms with Crippen molar-refractivity contribution in [1.82, 2.24) is 4.72 Å². The molecule has 0 aliphatic heterocycles. The van der Waals surface area contributed by atoms with Crippen molar-refractivity contribution < 1.29 is 8.42 Å². The summed E-state index contributed by atoms with van der Waals surface area (Å²) in [7, 11) is -3.44. The quantitative estimate of drug-likeness (QED) is 0.751. The summed E-state index contributed by atoms with van der Waals surface area (Å²) in [6, 6.07) is 5.24. The maximum Gasteiger partial charge on any atom is 0.241 e. The van der Waals surface area contributed by atoms with E-state index in [1.54, 1.807) is 19.1 Å². The summed E-state index contributed by atoms with van der Waals surface area (Å²) < 4.78 is 28.1. The second-order valence-electron chi connectivity index (χ2n) is 4.42. The first-order valence-electron chi connectivity index (χ1n) is 6.23. The minimum absolute atomic E-state index is 0.0533. The van der Waals surface area contributed by atoms with Crippen LogP contribution in [0, 0.1) is 6.92 Å². The smallest absolute Gasteiger partial charge is 0.208 e. The second kappa shape index (κ2) is 7.67. The molecular weight excluding hydrogens is 346 g/mol. The van der Waals surface area contributed by atoms with Crippen LogP contribution in [0.5, 0.6) is 0 Å². The number of nitrogens with one attached hydrogen (secondary N) is 1.